The predicted octanol–water partition coefficient (Wildman–Crippen LogP) is 3.61. The van der Waals surface area contributed by atoms with E-state index in [-0.39, 0.29) is 34.2 Å². The Balaban J connectivity index is 1.53. The number of hydrogen-bond donors (Lipinski definition) is 1. The first-order chi connectivity index (χ1) is 19.7. The zero-order valence-electron chi connectivity index (χ0n) is 23.0. The van der Waals surface area contributed by atoms with Gasteiger partial charge in [-0.25, -0.2) is 4.79 Å². The van der Waals surface area contributed by atoms with Gasteiger partial charge in [-0.2, -0.15) is 0 Å². The highest BCUT2D eigenvalue weighted by Gasteiger charge is 2.84. The average molecular weight is 559 g/mol. The lowest BCUT2D eigenvalue weighted by atomic mass is 9.68. The standard InChI is InChI=1S/C31H30N2O8/c1-29(2)39-24-22-19-13-8-9-15-33(19)30(17-11-5-6-12-18(17)32-28(30)36)31(22,41-27(24)40-29)25-21(26(35)37-3)23(34)16-10-4-7-14-20(16)38-25/h4-7,10-12,14,19,22,24,27H,8-9,13,15H2,1-3H3,(H,32,36)/t19?,22-,24-,27+,30+,31-/m0/s1. The Morgan fingerprint density at radius 3 is 2.63 bits per heavy atom. The third-order valence-electron chi connectivity index (χ3n) is 9.56. The lowest BCUT2D eigenvalue weighted by Gasteiger charge is -2.46. The summed E-state index contributed by atoms with van der Waals surface area (Å²) in [5.41, 5.74) is -2.33. The molecule has 4 fully saturated rings. The number of esters is 1. The van der Waals surface area contributed by atoms with Crippen molar-refractivity contribution >= 4 is 28.5 Å². The first kappa shape index (κ1) is 25.2. The molecule has 10 nitrogen and oxygen atoms in total. The molecular weight excluding hydrogens is 528 g/mol. The van der Waals surface area contributed by atoms with E-state index in [1.54, 1.807) is 24.3 Å². The molecule has 1 N–H and O–H groups in total. The Bertz CT molecular complexity index is 1700. The van der Waals surface area contributed by atoms with E-state index in [0.29, 0.717) is 17.8 Å². The first-order valence-corrected chi connectivity index (χ1v) is 14.1. The molecule has 1 aromatic heterocycles. The summed E-state index contributed by atoms with van der Waals surface area (Å²) in [4.78, 5) is 44.4. The second kappa shape index (κ2) is 8.25. The van der Waals surface area contributed by atoms with Gasteiger partial charge in [-0.3, -0.25) is 14.5 Å². The van der Waals surface area contributed by atoms with E-state index in [1.165, 1.54) is 7.11 Å². The number of fused-ring (bicyclic) bond motifs is 10. The number of nitrogens with zero attached hydrogens (tertiary/aromatic N) is 1. The fourth-order valence-electron chi connectivity index (χ4n) is 8.32. The average Bonchev–Trinajstić information content (AvgIpc) is 3.62. The molecule has 6 heterocycles. The maximum atomic E-state index is 14.6. The van der Waals surface area contributed by atoms with Gasteiger partial charge in [0.1, 0.15) is 17.3 Å². The summed E-state index contributed by atoms with van der Waals surface area (Å²) in [7, 11) is 1.22. The molecule has 8 rings (SSSR count). The van der Waals surface area contributed by atoms with Crippen LogP contribution < -0.4 is 10.7 Å². The van der Waals surface area contributed by atoms with Crippen molar-refractivity contribution in [1.82, 2.24) is 4.90 Å². The van der Waals surface area contributed by atoms with Crippen molar-refractivity contribution < 1.29 is 33.0 Å². The quantitative estimate of drug-likeness (QED) is 0.471. The topological polar surface area (TPSA) is 117 Å². The van der Waals surface area contributed by atoms with Crippen LogP contribution in [0.5, 0.6) is 0 Å². The second-order valence-corrected chi connectivity index (χ2v) is 11.9. The Labute approximate surface area is 235 Å². The van der Waals surface area contributed by atoms with Crippen LogP contribution in [0.2, 0.25) is 0 Å². The number of benzene rings is 2. The van der Waals surface area contributed by atoms with Gasteiger partial charge >= 0.3 is 5.97 Å². The highest BCUT2D eigenvalue weighted by atomic mass is 16.8. The summed E-state index contributed by atoms with van der Waals surface area (Å²) in [6, 6.07) is 14.1. The number of para-hydroxylation sites is 2. The highest BCUT2D eigenvalue weighted by molar-refractivity contribution is 6.08. The number of nitrogens with one attached hydrogen (secondary N) is 1. The molecule has 0 radical (unpaired) electrons. The monoisotopic (exact) mass is 558 g/mol. The molecular formula is C31H30N2O8. The summed E-state index contributed by atoms with van der Waals surface area (Å²) in [6.07, 6.45) is 1.14. The van der Waals surface area contributed by atoms with Crippen LogP contribution in [0.15, 0.2) is 57.7 Å². The SMILES string of the molecule is COC(=O)c1c([C@@]23O[C@H]4OC(C)(C)O[C@H]4[C@@H]2C2CCCCN2[C@]32C(=O)Nc3ccccc32)oc2ccccc2c1=O. The number of ether oxygens (including phenoxy) is 4. The van der Waals surface area contributed by atoms with Crippen molar-refractivity contribution in [3.8, 4) is 0 Å². The van der Waals surface area contributed by atoms with Crippen LogP contribution in [0.4, 0.5) is 5.69 Å². The van der Waals surface area contributed by atoms with Gasteiger partial charge in [0.25, 0.3) is 5.91 Å². The molecule has 1 unspecified atom stereocenters. The molecule has 212 valence electrons. The number of piperidine rings is 1. The van der Waals surface area contributed by atoms with Gasteiger partial charge in [0.05, 0.1) is 12.5 Å². The third kappa shape index (κ3) is 2.93. The minimum absolute atomic E-state index is 0.0290. The molecule has 4 saturated heterocycles. The van der Waals surface area contributed by atoms with Gasteiger partial charge in [0, 0.05) is 23.2 Å². The number of hydrogen-bond acceptors (Lipinski definition) is 9. The van der Waals surface area contributed by atoms with Gasteiger partial charge in [0.15, 0.2) is 29.0 Å². The maximum absolute atomic E-state index is 14.6. The zero-order valence-corrected chi connectivity index (χ0v) is 23.0. The van der Waals surface area contributed by atoms with Gasteiger partial charge in [-0.05, 0) is 51.4 Å². The Hall–Kier alpha value is -3.57. The molecule has 0 aliphatic carbocycles. The normalized spacial score (nSPS) is 34.8. The number of carbonyl (C=O) groups excluding carboxylic acids is 2. The molecule has 1 spiro atoms. The number of rotatable bonds is 2. The number of carbonyl (C=O) groups is 2. The largest absolute Gasteiger partial charge is 0.465 e. The van der Waals surface area contributed by atoms with Crippen molar-refractivity contribution in [2.24, 2.45) is 5.92 Å². The zero-order chi connectivity index (χ0) is 28.3. The van der Waals surface area contributed by atoms with E-state index in [0.717, 1.165) is 19.3 Å². The maximum Gasteiger partial charge on any atom is 0.345 e. The number of anilines is 1. The van der Waals surface area contributed by atoms with Crippen molar-refractivity contribution in [2.45, 2.75) is 68.5 Å². The minimum Gasteiger partial charge on any atom is -0.465 e. The van der Waals surface area contributed by atoms with Crippen LogP contribution in [0.1, 0.15) is 54.8 Å². The van der Waals surface area contributed by atoms with Crippen molar-refractivity contribution in [1.29, 1.82) is 0 Å². The molecule has 41 heavy (non-hydrogen) atoms. The molecule has 6 atom stereocenters. The second-order valence-electron chi connectivity index (χ2n) is 11.9. The van der Waals surface area contributed by atoms with E-state index in [9.17, 15) is 14.4 Å². The van der Waals surface area contributed by atoms with Crippen LogP contribution in [0.25, 0.3) is 11.0 Å². The van der Waals surface area contributed by atoms with Crippen molar-refractivity contribution in [2.75, 3.05) is 19.0 Å². The third-order valence-corrected chi connectivity index (χ3v) is 9.56. The van der Waals surface area contributed by atoms with Crippen LogP contribution in [-0.2, 0) is 34.9 Å². The first-order valence-electron chi connectivity index (χ1n) is 14.1. The summed E-state index contributed by atoms with van der Waals surface area (Å²) < 4.78 is 31.6. The van der Waals surface area contributed by atoms with E-state index < -0.39 is 46.6 Å². The fraction of sp³-hybridized carbons (Fsp3) is 0.452. The van der Waals surface area contributed by atoms with Crippen LogP contribution in [0, 0.1) is 5.92 Å². The van der Waals surface area contributed by atoms with Gasteiger partial charge in [0.2, 0.25) is 5.43 Å². The van der Waals surface area contributed by atoms with Crippen LogP contribution in [-0.4, -0.2) is 54.7 Å². The Morgan fingerprint density at radius 1 is 1.02 bits per heavy atom. The van der Waals surface area contributed by atoms with Crippen LogP contribution >= 0.6 is 0 Å². The van der Waals surface area contributed by atoms with Crippen molar-refractivity contribution in [3.63, 3.8) is 0 Å². The summed E-state index contributed by atoms with van der Waals surface area (Å²) >= 11 is 0. The Kier molecular flexibility index (Phi) is 5.07. The summed E-state index contributed by atoms with van der Waals surface area (Å²) in [5.74, 6) is -2.64. The molecule has 5 aliphatic heterocycles. The molecule has 10 heteroatoms. The lowest BCUT2D eigenvalue weighted by Crippen LogP contribution is -2.61. The summed E-state index contributed by atoms with van der Waals surface area (Å²) in [6.45, 7) is 4.27. The Morgan fingerprint density at radius 2 is 1.80 bits per heavy atom. The van der Waals surface area contributed by atoms with Crippen molar-refractivity contribution in [3.05, 3.63) is 75.6 Å². The van der Waals surface area contributed by atoms with Crippen LogP contribution in [0.3, 0.4) is 0 Å². The number of amides is 1. The predicted molar refractivity (Wildman–Crippen MR) is 145 cm³/mol. The number of methoxy groups -OCH3 is 1. The molecule has 0 bridgehead atoms. The molecule has 1 amide bonds. The molecule has 5 aliphatic rings. The van der Waals surface area contributed by atoms with Gasteiger partial charge in [-0.15, -0.1) is 0 Å². The van der Waals surface area contributed by atoms with E-state index in [4.69, 9.17) is 23.4 Å². The fourth-order valence-corrected chi connectivity index (χ4v) is 8.32. The highest BCUT2D eigenvalue weighted by Crippen LogP contribution is 2.70. The van der Waals surface area contributed by atoms with Gasteiger partial charge < -0.3 is 28.7 Å². The van der Waals surface area contributed by atoms with E-state index in [1.807, 2.05) is 38.1 Å². The van der Waals surface area contributed by atoms with Gasteiger partial charge in [-0.1, -0.05) is 36.8 Å². The lowest BCUT2D eigenvalue weighted by molar-refractivity contribution is -0.251. The summed E-state index contributed by atoms with van der Waals surface area (Å²) in [5, 5.41) is 3.32. The van der Waals surface area contributed by atoms with E-state index >= 15 is 0 Å². The molecule has 0 saturated carbocycles. The molecule has 2 aromatic carbocycles. The van der Waals surface area contributed by atoms with E-state index in [2.05, 4.69) is 10.2 Å². The minimum atomic E-state index is -1.66. The molecule has 3 aromatic rings. The smallest absolute Gasteiger partial charge is 0.345 e.